The fourth-order valence-electron chi connectivity index (χ4n) is 1.34. The summed E-state index contributed by atoms with van der Waals surface area (Å²) < 4.78 is 16.9. The Kier molecular flexibility index (Phi) is 3.87. The molecule has 0 heterocycles. The zero-order chi connectivity index (χ0) is 11.5. The molecule has 15 heavy (non-hydrogen) atoms. The lowest BCUT2D eigenvalue weighted by Gasteiger charge is -2.24. The molecule has 0 spiro atoms. The lowest BCUT2D eigenvalue weighted by Crippen LogP contribution is -2.24. The van der Waals surface area contributed by atoms with E-state index in [9.17, 15) is 4.57 Å². The number of ether oxygens (including phenoxy) is 1. The Morgan fingerprint density at radius 2 is 1.87 bits per heavy atom. The van der Waals surface area contributed by atoms with Crippen LogP contribution in [0, 0.1) is 13.8 Å². The van der Waals surface area contributed by atoms with E-state index in [0.717, 1.165) is 16.9 Å². The van der Waals surface area contributed by atoms with Crippen LogP contribution in [0.4, 0.5) is 0 Å². The largest absolute Gasteiger partial charge is 0.475 e. The van der Waals surface area contributed by atoms with Crippen LogP contribution in [-0.2, 0) is 4.57 Å². The number of aryl methyl sites for hydroxylation is 2. The second-order valence-corrected chi connectivity index (χ2v) is 5.07. The molecular weight excluding hydrogens is 207 g/mol. The number of hydrogen-bond donors (Lipinski definition) is 0. The zero-order valence-electron chi connectivity index (χ0n) is 9.70. The summed E-state index contributed by atoms with van der Waals surface area (Å²) in [5.74, 6) is 0.852. The first-order chi connectivity index (χ1) is 7.02. The molecule has 1 atom stereocenters. The van der Waals surface area contributed by atoms with Crippen molar-refractivity contribution in [1.82, 2.24) is 0 Å². The van der Waals surface area contributed by atoms with Gasteiger partial charge in [0.05, 0.1) is 0 Å². The van der Waals surface area contributed by atoms with Crippen LogP contribution in [0.15, 0.2) is 18.2 Å². The Labute approximate surface area is 92.9 Å². The van der Waals surface area contributed by atoms with Crippen molar-refractivity contribution in [2.45, 2.75) is 39.5 Å². The maximum Gasteiger partial charge on any atom is 0.203 e. The molecule has 0 N–H and O–H groups in total. The SMILES string of the molecule is CCC(C)(Oc1c(C)cccc1C)P=O. The Morgan fingerprint density at radius 3 is 2.27 bits per heavy atom. The van der Waals surface area contributed by atoms with Gasteiger partial charge in [-0.3, -0.25) is 4.57 Å². The molecule has 1 aromatic rings. The highest BCUT2D eigenvalue weighted by molar-refractivity contribution is 7.25. The standard InChI is InChI=1S/C12H17O2P/c1-5-12(4,15-13)14-11-9(2)7-6-8-10(11)3/h6-8H,5H2,1-4H3. The monoisotopic (exact) mass is 224 g/mol. The third kappa shape index (κ3) is 2.79. The van der Waals surface area contributed by atoms with E-state index in [1.807, 2.05) is 45.9 Å². The fraction of sp³-hybridized carbons (Fsp3) is 0.500. The van der Waals surface area contributed by atoms with Gasteiger partial charge in [-0.25, -0.2) is 0 Å². The zero-order valence-corrected chi connectivity index (χ0v) is 10.6. The number of para-hydroxylation sites is 1. The topological polar surface area (TPSA) is 26.3 Å². The van der Waals surface area contributed by atoms with E-state index in [1.54, 1.807) is 0 Å². The second kappa shape index (κ2) is 4.76. The van der Waals surface area contributed by atoms with E-state index in [4.69, 9.17) is 4.74 Å². The molecule has 0 bridgehead atoms. The summed E-state index contributed by atoms with van der Waals surface area (Å²) in [6.07, 6.45) is 0.714. The highest BCUT2D eigenvalue weighted by Gasteiger charge is 2.25. The first-order valence-electron chi connectivity index (χ1n) is 5.12. The van der Waals surface area contributed by atoms with Crippen LogP contribution in [0.1, 0.15) is 31.4 Å². The molecule has 0 aliphatic heterocycles. The Hall–Kier alpha value is -0.880. The highest BCUT2D eigenvalue weighted by Crippen LogP contribution is 2.33. The molecular formula is C12H17O2P. The van der Waals surface area contributed by atoms with Crippen LogP contribution in [-0.4, -0.2) is 5.34 Å². The van der Waals surface area contributed by atoms with Crippen molar-refractivity contribution >= 4 is 8.46 Å². The van der Waals surface area contributed by atoms with Gasteiger partial charge in [0, 0.05) is 0 Å². The quantitative estimate of drug-likeness (QED) is 0.719. The first kappa shape index (κ1) is 12.2. The molecule has 1 unspecified atom stereocenters. The van der Waals surface area contributed by atoms with E-state index in [2.05, 4.69) is 0 Å². The summed E-state index contributed by atoms with van der Waals surface area (Å²) >= 11 is 0. The molecule has 0 radical (unpaired) electrons. The third-order valence-electron chi connectivity index (χ3n) is 2.58. The third-order valence-corrected chi connectivity index (χ3v) is 3.37. The first-order valence-corrected chi connectivity index (χ1v) is 5.93. The average Bonchev–Trinajstić information content (AvgIpc) is 2.23. The summed E-state index contributed by atoms with van der Waals surface area (Å²) in [4.78, 5) is 0. The minimum Gasteiger partial charge on any atom is -0.475 e. The number of benzene rings is 1. The Balaban J connectivity index is 3.03. The minimum absolute atomic E-state index is 0.0301. The van der Waals surface area contributed by atoms with Crippen LogP contribution in [0.5, 0.6) is 5.75 Å². The van der Waals surface area contributed by atoms with Gasteiger partial charge in [0.2, 0.25) is 8.46 Å². The summed E-state index contributed by atoms with van der Waals surface area (Å²) in [6, 6.07) is 6.00. The van der Waals surface area contributed by atoms with Crippen molar-refractivity contribution < 1.29 is 9.30 Å². The van der Waals surface area contributed by atoms with Crippen molar-refractivity contribution in [3.63, 3.8) is 0 Å². The lowest BCUT2D eigenvalue weighted by molar-refractivity contribution is 0.171. The molecule has 0 fully saturated rings. The number of rotatable bonds is 4. The van der Waals surface area contributed by atoms with Crippen LogP contribution >= 0.6 is 8.46 Å². The lowest BCUT2D eigenvalue weighted by atomic mass is 10.1. The van der Waals surface area contributed by atoms with Crippen molar-refractivity contribution in [3.05, 3.63) is 29.3 Å². The van der Waals surface area contributed by atoms with Crippen LogP contribution in [0.2, 0.25) is 0 Å². The predicted octanol–water partition coefficient (Wildman–Crippen LogP) is 4.10. The molecule has 2 nitrogen and oxygen atoms in total. The van der Waals surface area contributed by atoms with E-state index in [-0.39, 0.29) is 8.46 Å². The van der Waals surface area contributed by atoms with Crippen molar-refractivity contribution in [2.24, 2.45) is 0 Å². The van der Waals surface area contributed by atoms with Gasteiger partial charge < -0.3 is 4.74 Å². The molecule has 1 aromatic carbocycles. The van der Waals surface area contributed by atoms with E-state index < -0.39 is 5.34 Å². The van der Waals surface area contributed by atoms with Gasteiger partial charge in [-0.05, 0) is 38.3 Å². The maximum absolute atomic E-state index is 11.1. The van der Waals surface area contributed by atoms with Crippen LogP contribution < -0.4 is 4.74 Å². The van der Waals surface area contributed by atoms with Crippen molar-refractivity contribution in [2.75, 3.05) is 0 Å². The van der Waals surface area contributed by atoms with Crippen molar-refractivity contribution in [3.8, 4) is 5.75 Å². The molecule has 0 aromatic heterocycles. The van der Waals surface area contributed by atoms with Crippen molar-refractivity contribution in [1.29, 1.82) is 0 Å². The van der Waals surface area contributed by atoms with Gasteiger partial charge in [0.25, 0.3) is 0 Å². The molecule has 0 saturated carbocycles. The predicted molar refractivity (Wildman–Crippen MR) is 62.8 cm³/mol. The Bertz CT molecular complexity index is 342. The fourth-order valence-corrected chi connectivity index (χ4v) is 1.59. The van der Waals surface area contributed by atoms with E-state index in [0.29, 0.717) is 6.42 Å². The normalized spacial score (nSPS) is 14.9. The molecule has 0 saturated heterocycles. The summed E-state index contributed by atoms with van der Waals surface area (Å²) in [5.41, 5.74) is 2.16. The average molecular weight is 224 g/mol. The van der Waals surface area contributed by atoms with Gasteiger partial charge >= 0.3 is 0 Å². The van der Waals surface area contributed by atoms with Gasteiger partial charge in [-0.2, -0.15) is 0 Å². The van der Waals surface area contributed by atoms with Gasteiger partial charge in [0.15, 0.2) is 5.34 Å². The minimum atomic E-state index is -0.614. The smallest absolute Gasteiger partial charge is 0.203 e. The highest BCUT2D eigenvalue weighted by atomic mass is 31.1. The molecule has 0 aliphatic carbocycles. The molecule has 82 valence electrons. The van der Waals surface area contributed by atoms with Crippen LogP contribution in [0.25, 0.3) is 0 Å². The van der Waals surface area contributed by atoms with Gasteiger partial charge in [-0.15, -0.1) is 0 Å². The number of hydrogen-bond acceptors (Lipinski definition) is 2. The molecule has 1 rings (SSSR count). The molecule has 0 amide bonds. The summed E-state index contributed by atoms with van der Waals surface area (Å²) in [6.45, 7) is 7.83. The maximum atomic E-state index is 11.1. The Morgan fingerprint density at radius 1 is 1.33 bits per heavy atom. The molecule has 3 heteroatoms. The summed E-state index contributed by atoms with van der Waals surface area (Å²) in [5, 5.41) is -0.614. The summed E-state index contributed by atoms with van der Waals surface area (Å²) in [7, 11) is 0.0301. The van der Waals surface area contributed by atoms with Gasteiger partial charge in [-0.1, -0.05) is 25.1 Å². The molecule has 0 aliphatic rings. The second-order valence-electron chi connectivity index (χ2n) is 3.94. The van der Waals surface area contributed by atoms with E-state index in [1.165, 1.54) is 0 Å². The van der Waals surface area contributed by atoms with Crippen LogP contribution in [0.3, 0.4) is 0 Å². The van der Waals surface area contributed by atoms with Gasteiger partial charge in [0.1, 0.15) is 5.75 Å². The van der Waals surface area contributed by atoms with E-state index >= 15 is 0 Å².